The molecule has 172 valence electrons. The summed E-state index contributed by atoms with van der Waals surface area (Å²) in [5.74, 6) is 0.0987. The maximum atomic E-state index is 13.9. The Hall–Kier alpha value is -1.99. The predicted molar refractivity (Wildman–Crippen MR) is 116 cm³/mol. The molecule has 0 bridgehead atoms. The molecule has 1 aromatic rings. The van der Waals surface area contributed by atoms with Crippen molar-refractivity contribution in [3.05, 3.63) is 35.6 Å². The lowest BCUT2D eigenvalue weighted by molar-refractivity contribution is -0.141. The van der Waals surface area contributed by atoms with Crippen LogP contribution in [0.2, 0.25) is 0 Å². The van der Waals surface area contributed by atoms with Crippen molar-refractivity contribution in [3.63, 3.8) is 0 Å². The smallest absolute Gasteiger partial charge is 0.305 e. The van der Waals surface area contributed by atoms with Crippen LogP contribution in [0.3, 0.4) is 0 Å². The van der Waals surface area contributed by atoms with E-state index in [1.807, 2.05) is 17.0 Å². The molecule has 31 heavy (non-hydrogen) atoms. The summed E-state index contributed by atoms with van der Waals surface area (Å²) in [5.41, 5.74) is 0.738. The number of nitrogens with zero attached hydrogens (tertiary/aromatic N) is 2. The van der Waals surface area contributed by atoms with Crippen LogP contribution in [0.5, 0.6) is 0 Å². The van der Waals surface area contributed by atoms with Crippen molar-refractivity contribution < 1.29 is 23.5 Å². The van der Waals surface area contributed by atoms with Crippen LogP contribution in [0.15, 0.2) is 24.3 Å². The normalized spacial score (nSPS) is 20.0. The molecule has 2 fully saturated rings. The molecule has 0 spiro atoms. The SMILES string of the molecule is COC(=O)CCCC(=O)N(CC1CCN(Cc2ccccc2F)CC1)C[C@@H]1CCCO1. The molecule has 3 rings (SSSR count). The van der Waals surface area contributed by atoms with Gasteiger partial charge >= 0.3 is 5.97 Å². The van der Waals surface area contributed by atoms with E-state index < -0.39 is 0 Å². The number of likely N-dealkylation sites (tertiary alicyclic amines) is 1. The van der Waals surface area contributed by atoms with E-state index in [-0.39, 0.29) is 30.2 Å². The highest BCUT2D eigenvalue weighted by molar-refractivity contribution is 5.77. The van der Waals surface area contributed by atoms with E-state index in [9.17, 15) is 14.0 Å². The number of benzene rings is 1. The van der Waals surface area contributed by atoms with Gasteiger partial charge in [0.1, 0.15) is 5.82 Å². The van der Waals surface area contributed by atoms with E-state index in [2.05, 4.69) is 9.64 Å². The summed E-state index contributed by atoms with van der Waals surface area (Å²) in [6.07, 6.45) is 5.27. The predicted octanol–water partition coefficient (Wildman–Crippen LogP) is 3.39. The Kier molecular flexibility index (Phi) is 9.28. The number of rotatable bonds is 10. The summed E-state index contributed by atoms with van der Waals surface area (Å²) in [6.45, 7) is 4.57. The second-order valence-electron chi connectivity index (χ2n) is 8.67. The number of carbonyl (C=O) groups excluding carboxylic acids is 2. The van der Waals surface area contributed by atoms with E-state index in [0.717, 1.165) is 57.5 Å². The molecule has 6 nitrogen and oxygen atoms in total. The maximum absolute atomic E-state index is 13.9. The van der Waals surface area contributed by atoms with Gasteiger partial charge in [-0.25, -0.2) is 4.39 Å². The summed E-state index contributed by atoms with van der Waals surface area (Å²) in [6, 6.07) is 6.95. The third-order valence-electron chi connectivity index (χ3n) is 6.34. The van der Waals surface area contributed by atoms with Crippen LogP contribution in [0, 0.1) is 11.7 Å². The Labute approximate surface area is 184 Å². The summed E-state index contributed by atoms with van der Waals surface area (Å²) < 4.78 is 24.4. The molecular formula is C24H35FN2O4. The highest BCUT2D eigenvalue weighted by Gasteiger charge is 2.27. The van der Waals surface area contributed by atoms with Crippen molar-refractivity contribution in [1.29, 1.82) is 0 Å². The highest BCUT2D eigenvalue weighted by Crippen LogP contribution is 2.23. The monoisotopic (exact) mass is 434 g/mol. The number of halogens is 1. The van der Waals surface area contributed by atoms with E-state index in [4.69, 9.17) is 4.74 Å². The summed E-state index contributed by atoms with van der Waals surface area (Å²) in [5, 5.41) is 0. The Morgan fingerprint density at radius 1 is 1.16 bits per heavy atom. The van der Waals surface area contributed by atoms with Gasteiger partial charge in [0.25, 0.3) is 0 Å². The van der Waals surface area contributed by atoms with Gasteiger partial charge in [-0.3, -0.25) is 14.5 Å². The second-order valence-corrected chi connectivity index (χ2v) is 8.67. The third kappa shape index (κ3) is 7.58. The fraction of sp³-hybridized carbons (Fsp3) is 0.667. The number of carbonyl (C=O) groups is 2. The molecule has 2 heterocycles. The molecule has 2 aliphatic heterocycles. The number of esters is 1. The standard InChI is InChI=1S/C24H35FN2O4/c1-30-24(29)10-4-9-23(28)27(18-21-7-5-15-31-21)16-19-11-13-26(14-12-19)17-20-6-2-3-8-22(20)25/h2-3,6,8,19,21H,4-5,7,9-18H2,1H3/t21-/m0/s1. The minimum absolute atomic E-state index is 0.0909. The van der Waals surface area contributed by atoms with Gasteiger partial charge in [-0.05, 0) is 57.2 Å². The quantitative estimate of drug-likeness (QED) is 0.529. The van der Waals surface area contributed by atoms with Crippen molar-refractivity contribution in [1.82, 2.24) is 9.80 Å². The van der Waals surface area contributed by atoms with Gasteiger partial charge in [0.2, 0.25) is 5.91 Å². The third-order valence-corrected chi connectivity index (χ3v) is 6.34. The molecule has 0 saturated carbocycles. The van der Waals surface area contributed by atoms with Crippen molar-refractivity contribution >= 4 is 11.9 Å². The number of hydrogen-bond donors (Lipinski definition) is 0. The first-order valence-electron chi connectivity index (χ1n) is 11.5. The van der Waals surface area contributed by atoms with Crippen LogP contribution in [-0.2, 0) is 25.6 Å². The Bertz CT molecular complexity index is 715. The molecule has 0 aromatic heterocycles. The Balaban J connectivity index is 1.48. The van der Waals surface area contributed by atoms with Crippen molar-refractivity contribution in [2.75, 3.05) is 39.9 Å². The molecule has 2 aliphatic rings. The van der Waals surface area contributed by atoms with Crippen molar-refractivity contribution in [3.8, 4) is 0 Å². The van der Waals surface area contributed by atoms with Crippen LogP contribution in [-0.4, -0.2) is 67.7 Å². The molecule has 7 heteroatoms. The molecule has 0 aliphatic carbocycles. The zero-order valence-electron chi connectivity index (χ0n) is 18.6. The summed E-state index contributed by atoms with van der Waals surface area (Å²) in [4.78, 5) is 28.5. The van der Waals surface area contributed by atoms with Gasteiger partial charge in [0, 0.05) is 44.6 Å². The topological polar surface area (TPSA) is 59.1 Å². The number of methoxy groups -OCH3 is 1. The molecule has 1 atom stereocenters. The highest BCUT2D eigenvalue weighted by atomic mass is 19.1. The van der Waals surface area contributed by atoms with E-state index in [1.54, 1.807) is 6.07 Å². The molecular weight excluding hydrogens is 399 g/mol. The minimum atomic E-state index is -0.277. The van der Waals surface area contributed by atoms with Crippen LogP contribution in [0.25, 0.3) is 0 Å². The van der Waals surface area contributed by atoms with Crippen LogP contribution >= 0.6 is 0 Å². The summed E-state index contributed by atoms with van der Waals surface area (Å²) in [7, 11) is 1.37. The molecule has 0 radical (unpaired) electrons. The lowest BCUT2D eigenvalue weighted by Crippen LogP contribution is -2.43. The fourth-order valence-corrected chi connectivity index (χ4v) is 4.46. The minimum Gasteiger partial charge on any atom is -0.469 e. The largest absolute Gasteiger partial charge is 0.469 e. The van der Waals surface area contributed by atoms with Gasteiger partial charge in [-0.15, -0.1) is 0 Å². The molecule has 2 saturated heterocycles. The van der Waals surface area contributed by atoms with E-state index in [0.29, 0.717) is 31.8 Å². The summed E-state index contributed by atoms with van der Waals surface area (Å²) >= 11 is 0. The van der Waals surface area contributed by atoms with E-state index in [1.165, 1.54) is 13.2 Å². The zero-order valence-corrected chi connectivity index (χ0v) is 18.6. The average Bonchev–Trinajstić information content (AvgIpc) is 3.29. The van der Waals surface area contributed by atoms with Crippen LogP contribution in [0.4, 0.5) is 4.39 Å². The van der Waals surface area contributed by atoms with Gasteiger partial charge in [0.05, 0.1) is 13.2 Å². The molecule has 1 aromatic carbocycles. The molecule has 0 N–H and O–H groups in total. The van der Waals surface area contributed by atoms with Crippen molar-refractivity contribution in [2.45, 2.75) is 57.6 Å². The first-order chi connectivity index (χ1) is 15.0. The second kappa shape index (κ2) is 12.2. The maximum Gasteiger partial charge on any atom is 0.305 e. The molecule has 1 amide bonds. The number of piperidine rings is 1. The lowest BCUT2D eigenvalue weighted by atomic mass is 9.95. The fourth-order valence-electron chi connectivity index (χ4n) is 4.46. The Morgan fingerprint density at radius 3 is 2.61 bits per heavy atom. The van der Waals surface area contributed by atoms with Crippen LogP contribution < -0.4 is 0 Å². The van der Waals surface area contributed by atoms with Crippen molar-refractivity contribution in [2.24, 2.45) is 5.92 Å². The first-order valence-corrected chi connectivity index (χ1v) is 11.5. The Morgan fingerprint density at radius 2 is 1.94 bits per heavy atom. The lowest BCUT2D eigenvalue weighted by Gasteiger charge is -2.35. The zero-order chi connectivity index (χ0) is 22.1. The van der Waals surface area contributed by atoms with E-state index >= 15 is 0 Å². The van der Waals surface area contributed by atoms with Gasteiger partial charge in [0.15, 0.2) is 0 Å². The van der Waals surface area contributed by atoms with Crippen LogP contribution in [0.1, 0.15) is 50.5 Å². The van der Waals surface area contributed by atoms with Gasteiger partial charge in [-0.1, -0.05) is 18.2 Å². The van der Waals surface area contributed by atoms with Gasteiger partial charge < -0.3 is 14.4 Å². The molecule has 0 unspecified atom stereocenters. The number of amides is 1. The first kappa shape index (κ1) is 23.7. The number of ether oxygens (including phenoxy) is 2. The number of hydrogen-bond acceptors (Lipinski definition) is 5. The average molecular weight is 435 g/mol. The van der Waals surface area contributed by atoms with Gasteiger partial charge in [-0.2, -0.15) is 0 Å².